The van der Waals surface area contributed by atoms with E-state index in [0.717, 1.165) is 12.8 Å². The SMILES string of the molecule is CC(=O)Nc1ccc(S(=O)(=O)Oc2ccc(Cl)cc2CN(CC2CC2)C(=O)c2ccco2)cc1. The second kappa shape index (κ2) is 9.90. The second-order valence-electron chi connectivity index (χ2n) is 8.10. The molecule has 2 amide bonds. The van der Waals surface area contributed by atoms with E-state index in [0.29, 0.717) is 28.7 Å². The van der Waals surface area contributed by atoms with Gasteiger partial charge >= 0.3 is 10.1 Å². The zero-order valence-corrected chi connectivity index (χ0v) is 19.9. The van der Waals surface area contributed by atoms with Crippen molar-refractivity contribution in [3.05, 3.63) is 77.2 Å². The summed E-state index contributed by atoms with van der Waals surface area (Å²) >= 11 is 6.18. The number of anilines is 1. The smallest absolute Gasteiger partial charge is 0.339 e. The van der Waals surface area contributed by atoms with Gasteiger partial charge in [0.2, 0.25) is 5.91 Å². The Morgan fingerprint density at radius 3 is 2.50 bits per heavy atom. The molecule has 0 bridgehead atoms. The Labute approximate surface area is 202 Å². The highest BCUT2D eigenvalue weighted by Crippen LogP contribution is 2.33. The van der Waals surface area contributed by atoms with E-state index in [9.17, 15) is 18.0 Å². The Hall–Kier alpha value is -3.30. The zero-order chi connectivity index (χ0) is 24.3. The summed E-state index contributed by atoms with van der Waals surface area (Å²) in [6.07, 6.45) is 3.49. The van der Waals surface area contributed by atoms with Gasteiger partial charge in [-0.25, -0.2) is 0 Å². The van der Waals surface area contributed by atoms with Gasteiger partial charge in [-0.05, 0) is 73.4 Å². The summed E-state index contributed by atoms with van der Waals surface area (Å²) in [4.78, 5) is 25.7. The third-order valence-corrected chi connectivity index (χ3v) is 6.72. The molecule has 0 atom stereocenters. The molecule has 3 aromatic rings. The van der Waals surface area contributed by atoms with Crippen molar-refractivity contribution in [3.63, 3.8) is 0 Å². The number of furan rings is 1. The van der Waals surface area contributed by atoms with Gasteiger partial charge in [0.05, 0.1) is 6.26 Å². The summed E-state index contributed by atoms with van der Waals surface area (Å²) in [5.74, 6) is 0.116. The Balaban J connectivity index is 1.58. The highest BCUT2D eigenvalue weighted by molar-refractivity contribution is 7.87. The first-order valence-electron chi connectivity index (χ1n) is 10.6. The van der Waals surface area contributed by atoms with E-state index in [4.69, 9.17) is 20.2 Å². The maximum absolute atomic E-state index is 13.0. The van der Waals surface area contributed by atoms with Gasteiger partial charge in [0.1, 0.15) is 10.6 Å². The molecule has 1 heterocycles. The lowest BCUT2D eigenvalue weighted by Crippen LogP contribution is -2.32. The van der Waals surface area contributed by atoms with Gasteiger partial charge in [-0.2, -0.15) is 8.42 Å². The van der Waals surface area contributed by atoms with Gasteiger partial charge in [-0.1, -0.05) is 11.6 Å². The van der Waals surface area contributed by atoms with Crippen LogP contribution in [-0.4, -0.2) is 31.7 Å². The standard InChI is InChI=1S/C24H23ClN2O6S/c1-16(28)26-20-7-9-21(10-8-20)34(30,31)33-22-11-6-19(25)13-18(22)15-27(14-17-4-5-17)24(29)23-3-2-12-32-23/h2-3,6-13,17H,4-5,14-15H2,1H3,(H,26,28). The highest BCUT2D eigenvalue weighted by Gasteiger charge is 2.29. The van der Waals surface area contributed by atoms with E-state index in [1.54, 1.807) is 23.1 Å². The van der Waals surface area contributed by atoms with E-state index in [2.05, 4.69) is 5.32 Å². The molecule has 1 N–H and O–H groups in total. The third kappa shape index (κ3) is 5.98. The number of halogens is 1. The molecule has 0 unspecified atom stereocenters. The third-order valence-electron chi connectivity index (χ3n) is 5.24. The van der Waals surface area contributed by atoms with Gasteiger partial charge in [0.25, 0.3) is 5.91 Å². The van der Waals surface area contributed by atoms with Gasteiger partial charge < -0.3 is 18.8 Å². The van der Waals surface area contributed by atoms with E-state index in [1.165, 1.54) is 49.6 Å². The van der Waals surface area contributed by atoms with Crippen molar-refractivity contribution in [1.82, 2.24) is 4.90 Å². The predicted molar refractivity (Wildman–Crippen MR) is 126 cm³/mol. The summed E-state index contributed by atoms with van der Waals surface area (Å²) in [5, 5.41) is 2.96. The lowest BCUT2D eigenvalue weighted by Gasteiger charge is -2.23. The van der Waals surface area contributed by atoms with Crippen molar-refractivity contribution in [3.8, 4) is 5.75 Å². The molecule has 4 rings (SSSR count). The van der Waals surface area contributed by atoms with Crippen LogP contribution in [0.4, 0.5) is 5.69 Å². The lowest BCUT2D eigenvalue weighted by atomic mass is 10.1. The maximum atomic E-state index is 13.0. The minimum Gasteiger partial charge on any atom is -0.459 e. The number of hydrogen-bond acceptors (Lipinski definition) is 6. The molecule has 0 spiro atoms. The van der Waals surface area contributed by atoms with Crippen LogP contribution in [0.5, 0.6) is 5.75 Å². The van der Waals surface area contributed by atoms with Crippen LogP contribution in [0.25, 0.3) is 0 Å². The Morgan fingerprint density at radius 1 is 1.15 bits per heavy atom. The maximum Gasteiger partial charge on any atom is 0.339 e. The molecule has 2 aromatic carbocycles. The van der Waals surface area contributed by atoms with Crippen molar-refractivity contribution in [1.29, 1.82) is 0 Å². The Kier molecular flexibility index (Phi) is 6.95. The largest absolute Gasteiger partial charge is 0.459 e. The molecular weight excluding hydrogens is 480 g/mol. The minimum absolute atomic E-state index is 0.0726. The van der Waals surface area contributed by atoms with E-state index >= 15 is 0 Å². The molecule has 0 radical (unpaired) electrons. The zero-order valence-electron chi connectivity index (χ0n) is 18.4. The monoisotopic (exact) mass is 502 g/mol. The van der Waals surface area contributed by atoms with Crippen molar-refractivity contribution in [2.24, 2.45) is 5.92 Å². The first kappa shape index (κ1) is 23.8. The van der Waals surface area contributed by atoms with Crippen molar-refractivity contribution in [2.75, 3.05) is 11.9 Å². The fraction of sp³-hybridized carbons (Fsp3) is 0.250. The number of carbonyl (C=O) groups excluding carboxylic acids is 2. The summed E-state index contributed by atoms with van der Waals surface area (Å²) in [6.45, 7) is 1.98. The van der Waals surface area contributed by atoms with E-state index in [-0.39, 0.29) is 34.8 Å². The van der Waals surface area contributed by atoms with Crippen LogP contribution < -0.4 is 9.50 Å². The molecule has 1 aromatic heterocycles. The molecule has 1 fully saturated rings. The molecule has 10 heteroatoms. The molecule has 0 aliphatic heterocycles. The minimum atomic E-state index is -4.18. The summed E-state index contributed by atoms with van der Waals surface area (Å²) in [7, 11) is -4.18. The van der Waals surface area contributed by atoms with Crippen molar-refractivity contribution >= 4 is 39.2 Å². The van der Waals surface area contributed by atoms with Crippen LogP contribution >= 0.6 is 11.6 Å². The number of benzene rings is 2. The number of amides is 2. The van der Waals surface area contributed by atoms with E-state index in [1.807, 2.05) is 0 Å². The van der Waals surface area contributed by atoms with Crippen LogP contribution in [-0.2, 0) is 21.5 Å². The number of carbonyl (C=O) groups is 2. The summed E-state index contributed by atoms with van der Waals surface area (Å²) in [6, 6.07) is 13.4. The van der Waals surface area contributed by atoms with Crippen LogP contribution in [0.15, 0.2) is 70.2 Å². The predicted octanol–water partition coefficient (Wildman–Crippen LogP) is 4.71. The van der Waals surface area contributed by atoms with Crippen molar-refractivity contribution < 1.29 is 26.6 Å². The highest BCUT2D eigenvalue weighted by atomic mass is 35.5. The quantitative estimate of drug-likeness (QED) is 0.425. The number of hydrogen-bond donors (Lipinski definition) is 1. The van der Waals surface area contributed by atoms with Crippen molar-refractivity contribution in [2.45, 2.75) is 31.2 Å². The average molecular weight is 503 g/mol. The van der Waals surface area contributed by atoms with Gasteiger partial charge in [-0.3, -0.25) is 9.59 Å². The van der Waals surface area contributed by atoms with Gasteiger partial charge in [0.15, 0.2) is 5.76 Å². The number of rotatable bonds is 9. The van der Waals surface area contributed by atoms with Gasteiger partial charge in [0, 0.05) is 36.3 Å². The molecule has 8 nitrogen and oxygen atoms in total. The average Bonchev–Trinajstić information content (AvgIpc) is 3.43. The van der Waals surface area contributed by atoms with Crippen LogP contribution in [0.3, 0.4) is 0 Å². The molecule has 1 aliphatic rings. The Morgan fingerprint density at radius 2 is 1.88 bits per heavy atom. The molecule has 1 saturated carbocycles. The van der Waals surface area contributed by atoms with Crippen LogP contribution in [0.2, 0.25) is 5.02 Å². The first-order valence-corrected chi connectivity index (χ1v) is 12.4. The molecular formula is C24H23ClN2O6S. The second-order valence-corrected chi connectivity index (χ2v) is 10.1. The fourth-order valence-electron chi connectivity index (χ4n) is 3.42. The molecule has 0 saturated heterocycles. The number of nitrogens with one attached hydrogen (secondary N) is 1. The summed E-state index contributed by atoms with van der Waals surface area (Å²) < 4.78 is 36.6. The lowest BCUT2D eigenvalue weighted by molar-refractivity contribution is -0.114. The van der Waals surface area contributed by atoms with Crippen LogP contribution in [0.1, 0.15) is 35.9 Å². The molecule has 178 valence electrons. The number of nitrogens with zero attached hydrogens (tertiary/aromatic N) is 1. The van der Waals surface area contributed by atoms with E-state index < -0.39 is 10.1 Å². The first-order chi connectivity index (χ1) is 16.2. The Bertz CT molecular complexity index is 1290. The molecule has 1 aliphatic carbocycles. The van der Waals surface area contributed by atoms with Gasteiger partial charge in [-0.15, -0.1) is 0 Å². The summed E-state index contributed by atoms with van der Waals surface area (Å²) in [5.41, 5.74) is 0.914. The van der Waals surface area contributed by atoms with Crippen LogP contribution in [0, 0.1) is 5.92 Å². The normalized spacial score (nSPS) is 13.4. The topological polar surface area (TPSA) is 106 Å². The fourth-order valence-corrected chi connectivity index (χ4v) is 4.58. The molecule has 34 heavy (non-hydrogen) atoms.